The van der Waals surface area contributed by atoms with Crippen molar-refractivity contribution in [3.8, 4) is 0 Å². The van der Waals surface area contributed by atoms with Crippen LogP contribution < -0.4 is 10.4 Å². The Morgan fingerprint density at radius 1 is 1.19 bits per heavy atom. The zero-order valence-electron chi connectivity index (χ0n) is 15.6. The van der Waals surface area contributed by atoms with Gasteiger partial charge in [-0.15, -0.1) is 0 Å². The van der Waals surface area contributed by atoms with E-state index in [4.69, 9.17) is 21.3 Å². The lowest BCUT2D eigenvalue weighted by atomic mass is 10.0. The fourth-order valence-corrected chi connectivity index (χ4v) is 4.78. The van der Waals surface area contributed by atoms with Crippen LogP contribution in [0, 0.1) is 0 Å². The van der Waals surface area contributed by atoms with Crippen molar-refractivity contribution in [1.82, 2.24) is 4.90 Å². The van der Waals surface area contributed by atoms with Crippen LogP contribution >= 0.6 is 23.4 Å². The van der Waals surface area contributed by atoms with Gasteiger partial charge in [-0.1, -0.05) is 53.7 Å². The van der Waals surface area contributed by atoms with Gasteiger partial charge in [-0.05, 0) is 66.8 Å². The summed E-state index contributed by atoms with van der Waals surface area (Å²) in [6.07, 6.45) is 3.26. The van der Waals surface area contributed by atoms with E-state index < -0.39 is 0 Å². The highest BCUT2D eigenvalue weighted by molar-refractivity contribution is 8.21. The minimum absolute atomic E-state index is 0.00368. The average molecular weight is 399 g/mol. The van der Waals surface area contributed by atoms with Crippen molar-refractivity contribution in [2.45, 2.75) is 12.5 Å². The third-order valence-corrected chi connectivity index (χ3v) is 6.11. The van der Waals surface area contributed by atoms with Gasteiger partial charge in [-0.25, -0.2) is 0 Å². The molecule has 1 aliphatic carbocycles. The molecule has 0 saturated carbocycles. The molecule has 27 heavy (non-hydrogen) atoms. The Kier molecular flexibility index (Phi) is 5.69. The van der Waals surface area contributed by atoms with Crippen LogP contribution in [0.3, 0.4) is 0 Å². The SMILES string of the molecule is CN(C)CCCOCC1=NC2C(=c3ccccc3=Cc3ccc(Cl)cc32)S1. The van der Waals surface area contributed by atoms with Crippen molar-refractivity contribution in [2.24, 2.45) is 4.99 Å². The Morgan fingerprint density at radius 3 is 2.89 bits per heavy atom. The van der Waals surface area contributed by atoms with Gasteiger partial charge < -0.3 is 9.64 Å². The van der Waals surface area contributed by atoms with E-state index in [0.717, 1.165) is 29.6 Å². The summed E-state index contributed by atoms with van der Waals surface area (Å²) in [6, 6.07) is 14.6. The van der Waals surface area contributed by atoms with Crippen LogP contribution in [-0.4, -0.2) is 43.8 Å². The highest BCUT2D eigenvalue weighted by atomic mass is 35.5. The fraction of sp³-hybridized carbons (Fsp3) is 0.318. The van der Waals surface area contributed by atoms with Gasteiger partial charge in [0, 0.05) is 16.5 Å². The summed E-state index contributed by atoms with van der Waals surface area (Å²) in [5.41, 5.74) is 2.35. The molecule has 1 heterocycles. The first-order valence-electron chi connectivity index (χ1n) is 9.19. The quantitative estimate of drug-likeness (QED) is 0.697. The fourth-order valence-electron chi connectivity index (χ4n) is 3.46. The molecule has 0 aromatic heterocycles. The van der Waals surface area contributed by atoms with Gasteiger partial charge in [-0.3, -0.25) is 4.99 Å². The van der Waals surface area contributed by atoms with E-state index in [-0.39, 0.29) is 6.04 Å². The standard InChI is InChI=1S/C22H23ClN2OS/c1-25(2)10-5-11-26-14-20-24-21-19-13-17(23)9-8-16(19)12-15-6-3-4-7-18(15)22(21)27-20/h3-4,6-9,12-13,21H,5,10-11,14H2,1-2H3. The van der Waals surface area contributed by atoms with Crippen molar-refractivity contribution in [3.05, 3.63) is 69.1 Å². The lowest BCUT2D eigenvalue weighted by Gasteiger charge is -2.11. The third kappa shape index (κ3) is 4.14. The van der Waals surface area contributed by atoms with Gasteiger partial charge in [-0.2, -0.15) is 0 Å². The van der Waals surface area contributed by atoms with E-state index in [1.54, 1.807) is 11.8 Å². The number of hydrogen-bond donors (Lipinski definition) is 0. The van der Waals surface area contributed by atoms with Crippen LogP contribution in [-0.2, 0) is 4.74 Å². The monoisotopic (exact) mass is 398 g/mol. The summed E-state index contributed by atoms with van der Waals surface area (Å²) in [5.74, 6) is 0. The predicted octanol–water partition coefficient (Wildman–Crippen LogP) is 3.45. The van der Waals surface area contributed by atoms with Crippen molar-refractivity contribution >= 4 is 39.4 Å². The van der Waals surface area contributed by atoms with Gasteiger partial charge in [0.05, 0.1) is 11.7 Å². The molecule has 1 aliphatic heterocycles. The molecule has 0 spiro atoms. The summed E-state index contributed by atoms with van der Waals surface area (Å²) in [7, 11) is 4.16. The second-order valence-corrected chi connectivity index (χ2v) is 8.66. The topological polar surface area (TPSA) is 24.8 Å². The maximum Gasteiger partial charge on any atom is 0.108 e. The second kappa shape index (κ2) is 8.19. The van der Waals surface area contributed by atoms with Crippen LogP contribution in [0.2, 0.25) is 5.02 Å². The van der Waals surface area contributed by atoms with Crippen LogP contribution in [0.15, 0.2) is 47.5 Å². The van der Waals surface area contributed by atoms with Crippen molar-refractivity contribution in [3.63, 3.8) is 0 Å². The number of fused-ring (bicyclic) bond motifs is 4. The maximum atomic E-state index is 6.30. The number of thioether (sulfide) groups is 1. The van der Waals surface area contributed by atoms with Gasteiger partial charge in [0.25, 0.3) is 0 Å². The molecule has 2 aromatic rings. The van der Waals surface area contributed by atoms with Crippen LogP contribution in [0.4, 0.5) is 0 Å². The largest absolute Gasteiger partial charge is 0.375 e. The van der Waals surface area contributed by atoms with Crippen molar-refractivity contribution < 1.29 is 4.74 Å². The zero-order chi connectivity index (χ0) is 18.8. The van der Waals surface area contributed by atoms with E-state index in [0.29, 0.717) is 6.61 Å². The van der Waals surface area contributed by atoms with Crippen molar-refractivity contribution in [2.75, 3.05) is 33.9 Å². The van der Waals surface area contributed by atoms with E-state index in [2.05, 4.69) is 61.5 Å². The van der Waals surface area contributed by atoms with Gasteiger partial charge in [0.1, 0.15) is 6.04 Å². The Morgan fingerprint density at radius 2 is 2.04 bits per heavy atom. The number of ether oxygens (including phenoxy) is 1. The van der Waals surface area contributed by atoms with E-state index in [1.807, 2.05) is 6.07 Å². The lowest BCUT2D eigenvalue weighted by Crippen LogP contribution is -2.25. The molecule has 4 rings (SSSR count). The van der Waals surface area contributed by atoms with E-state index >= 15 is 0 Å². The molecule has 3 nitrogen and oxygen atoms in total. The third-order valence-electron chi connectivity index (χ3n) is 4.75. The Labute approximate surface area is 169 Å². The summed E-state index contributed by atoms with van der Waals surface area (Å²) in [6.45, 7) is 2.36. The predicted molar refractivity (Wildman–Crippen MR) is 116 cm³/mol. The molecule has 0 radical (unpaired) electrons. The first-order valence-corrected chi connectivity index (χ1v) is 10.4. The molecular weight excluding hydrogens is 376 g/mol. The molecule has 1 atom stereocenters. The number of hydrogen-bond acceptors (Lipinski definition) is 4. The zero-order valence-corrected chi connectivity index (χ0v) is 17.2. The molecule has 0 bridgehead atoms. The Hall–Kier alpha value is -1.59. The summed E-state index contributed by atoms with van der Waals surface area (Å²) >= 11 is 8.06. The molecule has 1 unspecified atom stereocenters. The maximum absolute atomic E-state index is 6.30. The molecular formula is C22H23ClN2OS. The first-order chi connectivity index (χ1) is 13.1. The molecule has 5 heteroatoms. The molecule has 0 amide bonds. The van der Waals surface area contributed by atoms with E-state index in [1.165, 1.54) is 26.5 Å². The second-order valence-electron chi connectivity index (χ2n) is 7.11. The Bertz CT molecular complexity index is 1000. The van der Waals surface area contributed by atoms with Gasteiger partial charge in [0.2, 0.25) is 0 Å². The molecule has 0 fully saturated rings. The normalized spacial score (nSPS) is 17.7. The number of nitrogens with zero attached hydrogens (tertiary/aromatic N) is 2. The minimum atomic E-state index is 0.00368. The summed E-state index contributed by atoms with van der Waals surface area (Å²) in [4.78, 5) is 8.46. The number of aliphatic imine (C=N–C) groups is 1. The van der Waals surface area contributed by atoms with E-state index in [9.17, 15) is 0 Å². The molecule has 0 saturated heterocycles. The Balaban J connectivity index is 1.64. The number of rotatable bonds is 6. The minimum Gasteiger partial charge on any atom is -0.375 e. The molecule has 140 valence electrons. The highest BCUT2D eigenvalue weighted by Crippen LogP contribution is 2.44. The molecule has 0 N–H and O–H groups in total. The summed E-state index contributed by atoms with van der Waals surface area (Å²) < 4.78 is 5.88. The number of halogens is 1. The average Bonchev–Trinajstić information content (AvgIpc) is 3.02. The van der Waals surface area contributed by atoms with Crippen LogP contribution in [0.5, 0.6) is 0 Å². The van der Waals surface area contributed by atoms with Crippen LogP contribution in [0.1, 0.15) is 23.6 Å². The number of benzene rings is 2. The summed E-state index contributed by atoms with van der Waals surface area (Å²) in [5, 5.41) is 4.28. The first kappa shape index (κ1) is 18.8. The van der Waals surface area contributed by atoms with Gasteiger partial charge in [0.15, 0.2) is 0 Å². The molecule has 2 aliphatic rings. The highest BCUT2D eigenvalue weighted by Gasteiger charge is 2.29. The smallest absolute Gasteiger partial charge is 0.108 e. The molecule has 2 aromatic carbocycles. The lowest BCUT2D eigenvalue weighted by molar-refractivity contribution is 0.161. The van der Waals surface area contributed by atoms with Gasteiger partial charge >= 0.3 is 0 Å². The van der Waals surface area contributed by atoms with Crippen LogP contribution in [0.25, 0.3) is 11.0 Å². The van der Waals surface area contributed by atoms with Crippen molar-refractivity contribution in [1.29, 1.82) is 0 Å².